The van der Waals surface area contributed by atoms with E-state index in [1.165, 1.54) is 12.1 Å². The van der Waals surface area contributed by atoms with Crippen molar-refractivity contribution in [3.05, 3.63) is 53.3 Å². The predicted octanol–water partition coefficient (Wildman–Crippen LogP) is 4.45. The van der Waals surface area contributed by atoms with E-state index in [4.69, 9.17) is 16.3 Å². The molecule has 0 aromatic heterocycles. The molecule has 0 saturated carbocycles. The lowest BCUT2D eigenvalue weighted by molar-refractivity contribution is -0.117. The Morgan fingerprint density at radius 3 is 2.48 bits per heavy atom. The van der Waals surface area contributed by atoms with Crippen LogP contribution in [0.5, 0.6) is 5.75 Å². The molecular weight excluding hydrogens is 419 g/mol. The van der Waals surface area contributed by atoms with E-state index in [-0.39, 0.29) is 23.2 Å². The van der Waals surface area contributed by atoms with E-state index in [9.17, 15) is 17.6 Å². The summed E-state index contributed by atoms with van der Waals surface area (Å²) in [5, 5.41) is 2.49. The highest BCUT2D eigenvalue weighted by molar-refractivity contribution is 7.92. The van der Waals surface area contributed by atoms with Crippen LogP contribution in [0.15, 0.2) is 42.5 Å². The van der Waals surface area contributed by atoms with Crippen molar-refractivity contribution in [2.75, 3.05) is 15.9 Å². The van der Waals surface area contributed by atoms with Crippen molar-refractivity contribution in [3.63, 3.8) is 0 Å². The number of benzene rings is 2. The molecule has 1 amide bonds. The Kier molecular flexibility index (Phi) is 7.48. The average Bonchev–Trinajstić information content (AvgIpc) is 2.60. The molecule has 29 heavy (non-hydrogen) atoms. The summed E-state index contributed by atoms with van der Waals surface area (Å²) < 4.78 is 45.0. The zero-order valence-corrected chi connectivity index (χ0v) is 18.2. The summed E-state index contributed by atoms with van der Waals surface area (Å²) in [4.78, 5) is 12.9. The minimum Gasteiger partial charge on any atom is -0.491 e. The molecule has 2 aromatic rings. The van der Waals surface area contributed by atoms with Gasteiger partial charge in [0.05, 0.1) is 23.1 Å². The molecule has 0 spiro atoms. The molecule has 0 aliphatic heterocycles. The maximum atomic E-state index is 13.5. The first-order chi connectivity index (χ1) is 13.5. The monoisotopic (exact) mass is 442 g/mol. The largest absolute Gasteiger partial charge is 0.491 e. The fourth-order valence-electron chi connectivity index (χ4n) is 2.83. The minimum atomic E-state index is -3.85. The number of hydrogen-bond acceptors (Lipinski definition) is 4. The van der Waals surface area contributed by atoms with Crippen molar-refractivity contribution in [1.29, 1.82) is 0 Å². The highest BCUT2D eigenvalue weighted by Crippen LogP contribution is 2.28. The number of anilines is 2. The molecule has 1 N–H and O–H groups in total. The number of carbonyl (C=O) groups excluding carboxylic acids is 1. The van der Waals surface area contributed by atoms with Gasteiger partial charge in [0, 0.05) is 11.8 Å². The SMILES string of the molecule is CCC(C(=O)Nc1cccc(OC(C)C)c1)N(c1ccc(F)c(Cl)c1)S(C)(=O)=O. The second-order valence-electron chi connectivity index (χ2n) is 6.76. The van der Waals surface area contributed by atoms with E-state index >= 15 is 0 Å². The van der Waals surface area contributed by atoms with Gasteiger partial charge in [0.15, 0.2) is 0 Å². The number of halogens is 2. The van der Waals surface area contributed by atoms with Gasteiger partial charge in [0.1, 0.15) is 17.6 Å². The summed E-state index contributed by atoms with van der Waals surface area (Å²) >= 11 is 5.81. The van der Waals surface area contributed by atoms with Crippen LogP contribution in [-0.2, 0) is 14.8 Å². The second-order valence-corrected chi connectivity index (χ2v) is 9.03. The number of ether oxygens (including phenoxy) is 1. The topological polar surface area (TPSA) is 75.7 Å². The fourth-order valence-corrected chi connectivity index (χ4v) is 4.21. The number of nitrogens with zero attached hydrogens (tertiary/aromatic N) is 1. The van der Waals surface area contributed by atoms with Gasteiger partial charge >= 0.3 is 0 Å². The summed E-state index contributed by atoms with van der Waals surface area (Å²) in [5.74, 6) is -0.625. The maximum absolute atomic E-state index is 13.5. The van der Waals surface area contributed by atoms with Crippen LogP contribution in [0.2, 0.25) is 5.02 Å². The van der Waals surface area contributed by atoms with E-state index < -0.39 is 27.8 Å². The Labute approximate surface area is 175 Å². The molecule has 9 heteroatoms. The van der Waals surface area contributed by atoms with Crippen molar-refractivity contribution in [3.8, 4) is 5.75 Å². The van der Waals surface area contributed by atoms with E-state index in [0.29, 0.717) is 11.4 Å². The van der Waals surface area contributed by atoms with Gasteiger partial charge in [-0.1, -0.05) is 24.6 Å². The Morgan fingerprint density at radius 1 is 1.24 bits per heavy atom. The average molecular weight is 443 g/mol. The normalized spacial score (nSPS) is 12.5. The van der Waals surface area contributed by atoms with Crippen molar-refractivity contribution >= 4 is 38.9 Å². The number of nitrogens with one attached hydrogen (secondary N) is 1. The third-order valence-corrected chi connectivity index (χ3v) is 5.43. The minimum absolute atomic E-state index is 0.0340. The van der Waals surface area contributed by atoms with Gasteiger partial charge in [-0.3, -0.25) is 9.10 Å². The van der Waals surface area contributed by atoms with Crippen molar-refractivity contribution in [1.82, 2.24) is 0 Å². The van der Waals surface area contributed by atoms with E-state index in [1.54, 1.807) is 31.2 Å². The van der Waals surface area contributed by atoms with E-state index in [2.05, 4.69) is 5.32 Å². The molecule has 0 heterocycles. The van der Waals surface area contributed by atoms with Crippen LogP contribution in [-0.4, -0.2) is 32.7 Å². The standard InChI is InChI=1S/C20H24ClFN2O4S/c1-5-19(20(25)23-14-7-6-8-16(11-14)28-13(2)3)24(29(4,26)27)15-9-10-18(22)17(21)12-15/h6-13,19H,5H2,1-4H3,(H,23,25). The Bertz CT molecular complexity index is 982. The summed E-state index contributed by atoms with van der Waals surface area (Å²) in [6.07, 6.45) is 1.14. The van der Waals surface area contributed by atoms with Gasteiger partial charge in [-0.15, -0.1) is 0 Å². The summed E-state index contributed by atoms with van der Waals surface area (Å²) in [6, 6.07) is 9.29. The first-order valence-corrected chi connectivity index (χ1v) is 11.3. The van der Waals surface area contributed by atoms with Gasteiger partial charge < -0.3 is 10.1 Å². The van der Waals surface area contributed by atoms with Crippen LogP contribution in [0, 0.1) is 5.82 Å². The maximum Gasteiger partial charge on any atom is 0.248 e. The number of rotatable bonds is 8. The summed E-state index contributed by atoms with van der Waals surface area (Å²) in [7, 11) is -3.85. The summed E-state index contributed by atoms with van der Waals surface area (Å²) in [6.45, 7) is 5.46. The van der Waals surface area contributed by atoms with Crippen LogP contribution < -0.4 is 14.4 Å². The Balaban J connectivity index is 2.35. The number of hydrogen-bond donors (Lipinski definition) is 1. The first-order valence-electron chi connectivity index (χ1n) is 9.05. The van der Waals surface area contributed by atoms with Gasteiger partial charge in [0.25, 0.3) is 0 Å². The zero-order chi connectivity index (χ0) is 21.8. The lowest BCUT2D eigenvalue weighted by atomic mass is 10.1. The van der Waals surface area contributed by atoms with Crippen LogP contribution in [0.25, 0.3) is 0 Å². The smallest absolute Gasteiger partial charge is 0.248 e. The number of carbonyl (C=O) groups is 1. The lowest BCUT2D eigenvalue weighted by Crippen LogP contribution is -2.47. The van der Waals surface area contributed by atoms with E-state index in [0.717, 1.165) is 16.6 Å². The van der Waals surface area contributed by atoms with Crippen LogP contribution in [0.3, 0.4) is 0 Å². The quantitative estimate of drug-likeness (QED) is 0.655. The van der Waals surface area contributed by atoms with E-state index in [1.807, 2.05) is 13.8 Å². The molecule has 0 bridgehead atoms. The van der Waals surface area contributed by atoms with Crippen LogP contribution >= 0.6 is 11.6 Å². The molecule has 6 nitrogen and oxygen atoms in total. The molecular formula is C20H24ClFN2O4S. The van der Waals surface area contributed by atoms with Gasteiger partial charge in [-0.2, -0.15) is 0 Å². The Morgan fingerprint density at radius 2 is 1.93 bits per heavy atom. The molecule has 1 atom stereocenters. The van der Waals surface area contributed by atoms with Crippen LogP contribution in [0.1, 0.15) is 27.2 Å². The highest BCUT2D eigenvalue weighted by Gasteiger charge is 2.32. The number of sulfonamides is 1. The zero-order valence-electron chi connectivity index (χ0n) is 16.6. The summed E-state index contributed by atoms with van der Waals surface area (Å²) in [5.41, 5.74) is 0.579. The first kappa shape index (κ1) is 23.0. The molecule has 0 aliphatic rings. The highest BCUT2D eigenvalue weighted by atomic mass is 35.5. The van der Waals surface area contributed by atoms with Crippen molar-refractivity contribution < 1.29 is 22.3 Å². The van der Waals surface area contributed by atoms with Crippen molar-refractivity contribution in [2.24, 2.45) is 0 Å². The van der Waals surface area contributed by atoms with Crippen molar-refractivity contribution in [2.45, 2.75) is 39.3 Å². The van der Waals surface area contributed by atoms with Gasteiger partial charge in [0.2, 0.25) is 15.9 Å². The molecule has 0 saturated heterocycles. The fraction of sp³-hybridized carbons (Fsp3) is 0.350. The predicted molar refractivity (Wildman–Crippen MR) is 114 cm³/mol. The third-order valence-electron chi connectivity index (χ3n) is 3.96. The molecule has 2 aromatic carbocycles. The third kappa shape index (κ3) is 6.08. The molecule has 0 radical (unpaired) electrons. The van der Waals surface area contributed by atoms with Crippen LogP contribution in [0.4, 0.5) is 15.8 Å². The van der Waals surface area contributed by atoms with Gasteiger partial charge in [-0.25, -0.2) is 12.8 Å². The lowest BCUT2D eigenvalue weighted by Gasteiger charge is -2.30. The molecule has 158 valence electrons. The molecule has 0 fully saturated rings. The second kappa shape index (κ2) is 9.45. The molecule has 1 unspecified atom stereocenters. The Hall–Kier alpha value is -2.32. The molecule has 2 rings (SSSR count). The number of amides is 1. The van der Waals surface area contributed by atoms with Gasteiger partial charge in [-0.05, 0) is 50.6 Å². The molecule has 0 aliphatic carbocycles.